The molecule has 6 nitrogen and oxygen atoms in total. The quantitative estimate of drug-likeness (QED) is 0.573. The van der Waals surface area contributed by atoms with Gasteiger partial charge in [0.05, 0.1) is 11.9 Å². The maximum absolute atomic E-state index is 12.1. The smallest absolute Gasteiger partial charge is 0.291 e. The first-order valence-corrected chi connectivity index (χ1v) is 6.71. The Labute approximate surface area is 126 Å². The summed E-state index contributed by atoms with van der Waals surface area (Å²) in [5.74, 6) is -0.183. The van der Waals surface area contributed by atoms with Crippen LogP contribution >= 0.6 is 0 Å². The molecule has 0 spiro atoms. The molecule has 2 aromatic heterocycles. The molecular weight excluding hydrogens is 280 g/mol. The maximum atomic E-state index is 12.1. The molecule has 0 aliphatic heterocycles. The second kappa shape index (κ2) is 5.69. The van der Waals surface area contributed by atoms with Crippen LogP contribution in [0.1, 0.15) is 21.7 Å². The van der Waals surface area contributed by atoms with Gasteiger partial charge >= 0.3 is 0 Å². The van der Waals surface area contributed by atoms with Crippen molar-refractivity contribution in [2.45, 2.75) is 6.92 Å². The van der Waals surface area contributed by atoms with Crippen LogP contribution in [0.2, 0.25) is 0 Å². The Morgan fingerprint density at radius 2 is 2.05 bits per heavy atom. The van der Waals surface area contributed by atoms with E-state index >= 15 is 0 Å². The molecule has 0 unspecified atom stereocenters. The number of hydrogen-bond donors (Lipinski definition) is 2. The van der Waals surface area contributed by atoms with Gasteiger partial charge in [0.2, 0.25) is 0 Å². The highest BCUT2D eigenvalue weighted by molar-refractivity contribution is 5.95. The second-order valence-electron chi connectivity index (χ2n) is 4.77. The van der Waals surface area contributed by atoms with Crippen molar-refractivity contribution in [3.8, 4) is 5.75 Å². The topological polar surface area (TPSA) is 79.0 Å². The number of pyridine rings is 1. The lowest BCUT2D eigenvalue weighted by Crippen LogP contribution is -2.19. The minimum atomic E-state index is -0.365. The van der Waals surface area contributed by atoms with E-state index in [9.17, 15) is 9.90 Å². The number of nitrogens with one attached hydrogen (secondary N) is 1. The van der Waals surface area contributed by atoms with Crippen molar-refractivity contribution in [2.75, 3.05) is 0 Å². The Balaban J connectivity index is 1.76. The number of hydrogen-bond acceptors (Lipinski definition) is 4. The molecule has 0 atom stereocenters. The van der Waals surface area contributed by atoms with Crippen LogP contribution in [0, 0.1) is 6.92 Å². The molecule has 0 saturated carbocycles. The van der Waals surface area contributed by atoms with Crippen LogP contribution in [0.25, 0.3) is 5.65 Å². The van der Waals surface area contributed by atoms with Gasteiger partial charge in [0, 0.05) is 6.20 Å². The number of aryl methyl sites for hydroxylation is 1. The summed E-state index contributed by atoms with van der Waals surface area (Å²) in [4.78, 5) is 16.4. The Morgan fingerprint density at radius 3 is 2.77 bits per heavy atom. The van der Waals surface area contributed by atoms with Crippen molar-refractivity contribution in [3.63, 3.8) is 0 Å². The third kappa shape index (κ3) is 2.67. The molecule has 0 radical (unpaired) electrons. The Kier molecular flexibility index (Phi) is 3.57. The summed E-state index contributed by atoms with van der Waals surface area (Å²) >= 11 is 0. The number of benzene rings is 1. The number of phenolic OH excluding ortho intramolecular Hbond substituents is 1. The van der Waals surface area contributed by atoms with Crippen LogP contribution in [-0.4, -0.2) is 26.6 Å². The fourth-order valence-electron chi connectivity index (χ4n) is 2.11. The fourth-order valence-corrected chi connectivity index (χ4v) is 2.11. The van der Waals surface area contributed by atoms with Crippen LogP contribution in [0.15, 0.2) is 53.8 Å². The van der Waals surface area contributed by atoms with E-state index in [1.54, 1.807) is 24.3 Å². The molecular formula is C16H14N4O2. The van der Waals surface area contributed by atoms with E-state index in [0.29, 0.717) is 11.3 Å². The lowest BCUT2D eigenvalue weighted by atomic mass is 10.2. The molecule has 0 aliphatic rings. The fraction of sp³-hybridized carbons (Fsp3) is 0.0625. The lowest BCUT2D eigenvalue weighted by molar-refractivity contribution is 0.0950. The largest absolute Gasteiger partial charge is 0.508 e. The molecule has 1 aromatic carbocycles. The van der Waals surface area contributed by atoms with E-state index in [4.69, 9.17) is 0 Å². The van der Waals surface area contributed by atoms with Gasteiger partial charge in [0.1, 0.15) is 11.4 Å². The number of hydrazone groups is 1. The van der Waals surface area contributed by atoms with Crippen molar-refractivity contribution in [3.05, 3.63) is 65.6 Å². The van der Waals surface area contributed by atoms with Crippen LogP contribution < -0.4 is 5.43 Å². The minimum Gasteiger partial charge on any atom is -0.508 e. The van der Waals surface area contributed by atoms with Crippen molar-refractivity contribution in [1.82, 2.24) is 14.8 Å². The van der Waals surface area contributed by atoms with E-state index < -0.39 is 0 Å². The number of aromatic hydroxyl groups is 1. The molecule has 6 heteroatoms. The third-order valence-corrected chi connectivity index (χ3v) is 3.26. The summed E-state index contributed by atoms with van der Waals surface area (Å²) in [5, 5.41) is 13.1. The van der Waals surface area contributed by atoms with E-state index in [2.05, 4.69) is 15.5 Å². The van der Waals surface area contributed by atoms with Gasteiger partial charge < -0.3 is 9.51 Å². The SMILES string of the molecule is Cc1c(C(=O)N/N=C/c2ccc(O)cc2)nc2ccccn12. The van der Waals surface area contributed by atoms with Gasteiger partial charge in [-0.3, -0.25) is 4.79 Å². The monoisotopic (exact) mass is 294 g/mol. The van der Waals surface area contributed by atoms with Gasteiger partial charge in [-0.05, 0) is 48.9 Å². The average Bonchev–Trinajstić information content (AvgIpc) is 2.87. The van der Waals surface area contributed by atoms with Crippen molar-refractivity contribution in [2.24, 2.45) is 5.10 Å². The highest BCUT2D eigenvalue weighted by atomic mass is 16.3. The second-order valence-corrected chi connectivity index (χ2v) is 4.77. The number of carbonyl (C=O) groups is 1. The molecule has 2 N–H and O–H groups in total. The predicted molar refractivity (Wildman–Crippen MR) is 83.1 cm³/mol. The highest BCUT2D eigenvalue weighted by Gasteiger charge is 2.14. The van der Waals surface area contributed by atoms with E-state index in [0.717, 1.165) is 11.3 Å². The number of carbonyl (C=O) groups excluding carboxylic acids is 1. The van der Waals surface area contributed by atoms with Gasteiger partial charge in [0.25, 0.3) is 5.91 Å². The first kappa shape index (κ1) is 13.8. The van der Waals surface area contributed by atoms with E-state index in [-0.39, 0.29) is 11.7 Å². The van der Waals surface area contributed by atoms with Crippen LogP contribution in [0.4, 0.5) is 0 Å². The summed E-state index contributed by atoms with van der Waals surface area (Å²) in [6, 6.07) is 12.1. The Morgan fingerprint density at radius 1 is 1.27 bits per heavy atom. The average molecular weight is 294 g/mol. The van der Waals surface area contributed by atoms with Gasteiger partial charge in [-0.25, -0.2) is 10.4 Å². The van der Waals surface area contributed by atoms with Gasteiger partial charge in [-0.15, -0.1) is 0 Å². The molecule has 0 bridgehead atoms. The molecule has 1 amide bonds. The minimum absolute atomic E-state index is 0.182. The highest BCUT2D eigenvalue weighted by Crippen LogP contribution is 2.11. The Bertz CT molecular complexity index is 850. The number of rotatable bonds is 3. The summed E-state index contributed by atoms with van der Waals surface area (Å²) in [6.45, 7) is 1.83. The van der Waals surface area contributed by atoms with Gasteiger partial charge in [-0.1, -0.05) is 6.07 Å². The number of amides is 1. The number of phenols is 1. The lowest BCUT2D eigenvalue weighted by Gasteiger charge is -1.98. The zero-order chi connectivity index (χ0) is 15.5. The van der Waals surface area contributed by atoms with E-state index in [1.165, 1.54) is 6.21 Å². The number of nitrogens with zero attached hydrogens (tertiary/aromatic N) is 3. The molecule has 0 saturated heterocycles. The molecule has 3 aromatic rings. The molecule has 110 valence electrons. The summed E-state index contributed by atoms with van der Waals surface area (Å²) in [7, 11) is 0. The summed E-state index contributed by atoms with van der Waals surface area (Å²) < 4.78 is 1.85. The molecule has 3 rings (SSSR count). The molecule has 2 heterocycles. The van der Waals surface area contributed by atoms with Crippen LogP contribution in [0.5, 0.6) is 5.75 Å². The zero-order valence-electron chi connectivity index (χ0n) is 11.9. The summed E-state index contributed by atoms with van der Waals surface area (Å²) in [5.41, 5.74) is 5.04. The zero-order valence-corrected chi connectivity index (χ0v) is 11.9. The standard InChI is InChI=1S/C16H14N4O2/c1-11-15(18-14-4-2-3-9-20(11)14)16(22)19-17-10-12-5-7-13(21)8-6-12/h2-10,21H,1H3,(H,19,22)/b17-10+. The first-order chi connectivity index (χ1) is 10.6. The van der Waals surface area contributed by atoms with Gasteiger partial charge in [0.15, 0.2) is 5.69 Å². The normalized spacial score (nSPS) is 11.1. The van der Waals surface area contributed by atoms with Gasteiger partial charge in [-0.2, -0.15) is 5.10 Å². The van der Waals surface area contributed by atoms with Crippen molar-refractivity contribution >= 4 is 17.8 Å². The predicted octanol–water partition coefficient (Wildman–Crippen LogP) is 2.11. The first-order valence-electron chi connectivity index (χ1n) is 6.71. The molecule has 0 aliphatic carbocycles. The van der Waals surface area contributed by atoms with Crippen LogP contribution in [-0.2, 0) is 0 Å². The third-order valence-electron chi connectivity index (χ3n) is 3.26. The molecule has 0 fully saturated rings. The van der Waals surface area contributed by atoms with E-state index in [1.807, 2.05) is 35.7 Å². The van der Waals surface area contributed by atoms with Crippen molar-refractivity contribution < 1.29 is 9.90 Å². The van der Waals surface area contributed by atoms with Crippen LogP contribution in [0.3, 0.4) is 0 Å². The number of aromatic nitrogens is 2. The van der Waals surface area contributed by atoms with Crippen molar-refractivity contribution in [1.29, 1.82) is 0 Å². The summed E-state index contributed by atoms with van der Waals surface area (Å²) in [6.07, 6.45) is 3.36. The Hall–Kier alpha value is -3.15. The maximum Gasteiger partial charge on any atom is 0.291 e. The molecule has 22 heavy (non-hydrogen) atoms. The number of fused-ring (bicyclic) bond motifs is 1. The number of imidazole rings is 1.